The van der Waals surface area contributed by atoms with E-state index in [9.17, 15) is 4.21 Å². The van der Waals surface area contributed by atoms with Gasteiger partial charge < -0.3 is 5.32 Å². The summed E-state index contributed by atoms with van der Waals surface area (Å²) in [5.41, 5.74) is 0. The van der Waals surface area contributed by atoms with Gasteiger partial charge in [0.05, 0.1) is 0 Å². The van der Waals surface area contributed by atoms with Crippen LogP contribution in [0.4, 0.5) is 0 Å². The van der Waals surface area contributed by atoms with Crippen LogP contribution in [-0.4, -0.2) is 52.3 Å². The second kappa shape index (κ2) is 6.12. The maximum atomic E-state index is 11.2. The lowest BCUT2D eigenvalue weighted by molar-refractivity contribution is 0.270. The number of rotatable bonds is 6. The van der Waals surface area contributed by atoms with E-state index in [0.29, 0.717) is 6.04 Å². The van der Waals surface area contributed by atoms with Gasteiger partial charge in [-0.25, -0.2) is 0 Å². The van der Waals surface area contributed by atoms with Crippen molar-refractivity contribution in [2.45, 2.75) is 44.7 Å². The average molecular weight is 244 g/mol. The summed E-state index contributed by atoms with van der Waals surface area (Å²) >= 11 is 0. The Morgan fingerprint density at radius 1 is 1.25 bits per heavy atom. The number of likely N-dealkylation sites (N-methyl/N-ethyl adjacent to an activating group) is 1. The minimum atomic E-state index is -0.525. The third-order valence-electron chi connectivity index (χ3n) is 3.69. The van der Waals surface area contributed by atoms with Crippen molar-refractivity contribution in [3.63, 3.8) is 0 Å². The highest BCUT2D eigenvalue weighted by Crippen LogP contribution is 2.25. The van der Waals surface area contributed by atoms with E-state index in [4.69, 9.17) is 0 Å². The molecule has 0 bridgehead atoms. The van der Waals surface area contributed by atoms with E-state index in [-0.39, 0.29) is 0 Å². The topological polar surface area (TPSA) is 32.3 Å². The molecule has 0 aromatic heterocycles. The highest BCUT2D eigenvalue weighted by Gasteiger charge is 2.27. The Morgan fingerprint density at radius 2 is 1.94 bits per heavy atom. The minimum absolute atomic E-state index is 0.525. The summed E-state index contributed by atoms with van der Waals surface area (Å²) in [5.74, 6) is 1.80. The predicted molar refractivity (Wildman–Crippen MR) is 69.2 cm³/mol. The molecule has 0 unspecified atom stereocenters. The van der Waals surface area contributed by atoms with Gasteiger partial charge in [-0.05, 0) is 32.2 Å². The van der Waals surface area contributed by atoms with E-state index >= 15 is 0 Å². The standard InChI is InChI=1S/C12H24N2OS/c1-2-14(12-3-4-12)8-7-13-11-5-9-16(15)10-6-11/h11-13H,2-10H2,1H3. The Labute approximate surface area is 101 Å². The maximum Gasteiger partial charge on any atom is 0.0249 e. The third-order valence-corrected chi connectivity index (χ3v) is 5.07. The molecule has 1 heterocycles. The van der Waals surface area contributed by atoms with Crippen molar-refractivity contribution in [2.75, 3.05) is 31.1 Å². The summed E-state index contributed by atoms with van der Waals surface area (Å²) in [6.07, 6.45) is 5.00. The molecule has 94 valence electrons. The highest BCUT2D eigenvalue weighted by molar-refractivity contribution is 7.85. The van der Waals surface area contributed by atoms with Crippen LogP contribution >= 0.6 is 0 Å². The first-order valence-electron chi connectivity index (χ1n) is 6.62. The summed E-state index contributed by atoms with van der Waals surface area (Å²) in [5, 5.41) is 3.61. The first kappa shape index (κ1) is 12.5. The van der Waals surface area contributed by atoms with E-state index in [0.717, 1.165) is 36.9 Å². The van der Waals surface area contributed by atoms with Gasteiger partial charge in [0.1, 0.15) is 0 Å². The maximum absolute atomic E-state index is 11.2. The van der Waals surface area contributed by atoms with Crippen molar-refractivity contribution >= 4 is 10.8 Å². The zero-order chi connectivity index (χ0) is 11.4. The molecular weight excluding hydrogens is 220 g/mol. The van der Waals surface area contributed by atoms with Crippen LogP contribution in [-0.2, 0) is 10.8 Å². The molecular formula is C12H24N2OS. The van der Waals surface area contributed by atoms with E-state index in [2.05, 4.69) is 17.1 Å². The van der Waals surface area contributed by atoms with E-state index in [1.807, 2.05) is 0 Å². The van der Waals surface area contributed by atoms with Crippen molar-refractivity contribution in [1.82, 2.24) is 10.2 Å². The predicted octanol–water partition coefficient (Wildman–Crippen LogP) is 0.971. The van der Waals surface area contributed by atoms with Gasteiger partial charge in [0.25, 0.3) is 0 Å². The first-order valence-corrected chi connectivity index (χ1v) is 8.11. The lowest BCUT2D eigenvalue weighted by Gasteiger charge is -2.25. The smallest absolute Gasteiger partial charge is 0.0249 e. The third kappa shape index (κ3) is 3.82. The molecule has 16 heavy (non-hydrogen) atoms. The molecule has 0 spiro atoms. The van der Waals surface area contributed by atoms with Crippen LogP contribution in [0.25, 0.3) is 0 Å². The fourth-order valence-corrected chi connectivity index (χ4v) is 3.75. The van der Waals surface area contributed by atoms with Gasteiger partial charge in [0.15, 0.2) is 0 Å². The van der Waals surface area contributed by atoms with Crippen molar-refractivity contribution in [3.8, 4) is 0 Å². The van der Waals surface area contributed by atoms with Gasteiger partial charge in [-0.3, -0.25) is 9.11 Å². The van der Waals surface area contributed by atoms with Crippen LogP contribution in [0.5, 0.6) is 0 Å². The zero-order valence-electron chi connectivity index (χ0n) is 10.3. The van der Waals surface area contributed by atoms with Gasteiger partial charge >= 0.3 is 0 Å². The number of hydrogen-bond donors (Lipinski definition) is 1. The molecule has 0 amide bonds. The van der Waals surface area contributed by atoms with Crippen LogP contribution in [0.2, 0.25) is 0 Å². The Hall–Kier alpha value is 0.0700. The summed E-state index contributed by atoms with van der Waals surface area (Å²) in [6, 6.07) is 1.50. The van der Waals surface area contributed by atoms with Crippen molar-refractivity contribution in [2.24, 2.45) is 0 Å². The van der Waals surface area contributed by atoms with Crippen LogP contribution in [0.15, 0.2) is 0 Å². The summed E-state index contributed by atoms with van der Waals surface area (Å²) in [6.45, 7) is 5.71. The second-order valence-electron chi connectivity index (χ2n) is 4.94. The van der Waals surface area contributed by atoms with Crippen LogP contribution in [0.1, 0.15) is 32.6 Å². The SMILES string of the molecule is CCN(CCNC1CCS(=O)CC1)C1CC1. The van der Waals surface area contributed by atoms with Gasteiger partial charge in [0, 0.05) is 47.5 Å². The van der Waals surface area contributed by atoms with Crippen LogP contribution < -0.4 is 5.32 Å². The molecule has 0 atom stereocenters. The lowest BCUT2D eigenvalue weighted by atomic mass is 10.1. The minimum Gasteiger partial charge on any atom is -0.313 e. The summed E-state index contributed by atoms with van der Waals surface area (Å²) < 4.78 is 11.2. The van der Waals surface area contributed by atoms with Crippen molar-refractivity contribution in [3.05, 3.63) is 0 Å². The van der Waals surface area contributed by atoms with Gasteiger partial charge in [-0.2, -0.15) is 0 Å². The molecule has 1 N–H and O–H groups in total. The fraction of sp³-hybridized carbons (Fsp3) is 1.00. The van der Waals surface area contributed by atoms with Crippen molar-refractivity contribution in [1.29, 1.82) is 0 Å². The lowest BCUT2D eigenvalue weighted by Crippen LogP contribution is -2.41. The first-order chi connectivity index (χ1) is 7.79. The highest BCUT2D eigenvalue weighted by atomic mass is 32.2. The molecule has 2 aliphatic rings. The van der Waals surface area contributed by atoms with E-state index < -0.39 is 10.8 Å². The largest absolute Gasteiger partial charge is 0.313 e. The van der Waals surface area contributed by atoms with Crippen LogP contribution in [0.3, 0.4) is 0 Å². The molecule has 0 radical (unpaired) electrons. The summed E-state index contributed by atoms with van der Waals surface area (Å²) in [4.78, 5) is 2.58. The molecule has 2 fully saturated rings. The zero-order valence-corrected chi connectivity index (χ0v) is 11.1. The number of nitrogens with one attached hydrogen (secondary N) is 1. The normalized spacial score (nSPS) is 30.9. The molecule has 3 nitrogen and oxygen atoms in total. The molecule has 2 rings (SSSR count). The van der Waals surface area contributed by atoms with E-state index in [1.165, 1.54) is 25.9 Å². The van der Waals surface area contributed by atoms with Gasteiger partial charge in [0.2, 0.25) is 0 Å². The Balaban J connectivity index is 1.58. The molecule has 4 heteroatoms. The summed E-state index contributed by atoms with van der Waals surface area (Å²) in [7, 11) is -0.525. The molecule has 1 saturated carbocycles. The molecule has 1 aliphatic carbocycles. The van der Waals surface area contributed by atoms with Gasteiger partial charge in [-0.15, -0.1) is 0 Å². The Morgan fingerprint density at radius 3 is 2.50 bits per heavy atom. The number of nitrogens with zero attached hydrogens (tertiary/aromatic N) is 1. The molecule has 1 saturated heterocycles. The molecule has 0 aromatic rings. The van der Waals surface area contributed by atoms with Crippen molar-refractivity contribution < 1.29 is 4.21 Å². The second-order valence-corrected chi connectivity index (χ2v) is 6.63. The number of hydrogen-bond acceptors (Lipinski definition) is 3. The average Bonchev–Trinajstić information content (AvgIpc) is 3.11. The Kier molecular flexibility index (Phi) is 4.79. The molecule has 0 aromatic carbocycles. The Bertz CT molecular complexity index is 233. The fourth-order valence-electron chi connectivity index (χ4n) is 2.45. The van der Waals surface area contributed by atoms with Gasteiger partial charge in [-0.1, -0.05) is 6.92 Å². The monoisotopic (exact) mass is 244 g/mol. The molecule has 1 aliphatic heterocycles. The van der Waals surface area contributed by atoms with E-state index in [1.54, 1.807) is 0 Å². The van der Waals surface area contributed by atoms with Crippen LogP contribution in [0, 0.1) is 0 Å². The quantitative estimate of drug-likeness (QED) is 0.756.